The Kier molecular flexibility index (Phi) is 5.58. The summed E-state index contributed by atoms with van der Waals surface area (Å²) in [5.41, 5.74) is 1.12. The van der Waals surface area contributed by atoms with Crippen LogP contribution in [0, 0.1) is 19.8 Å². The first-order valence-electron chi connectivity index (χ1n) is 7.55. The van der Waals surface area contributed by atoms with Gasteiger partial charge in [0.15, 0.2) is 5.96 Å². The monoisotopic (exact) mass is 309 g/mol. The normalized spacial score (nSPS) is 17.1. The van der Waals surface area contributed by atoms with E-state index in [-0.39, 0.29) is 0 Å². The summed E-state index contributed by atoms with van der Waals surface area (Å²) >= 11 is 1.75. The molecule has 1 saturated carbocycles. The summed E-state index contributed by atoms with van der Waals surface area (Å²) in [6.07, 6.45) is 2.71. The molecule has 0 bridgehead atoms. The van der Waals surface area contributed by atoms with Gasteiger partial charge in [0.1, 0.15) is 0 Å². The average molecular weight is 309 g/mol. The molecule has 6 heteroatoms. The molecule has 1 aliphatic rings. The second-order valence-corrected chi connectivity index (χ2v) is 7.20. The van der Waals surface area contributed by atoms with E-state index < -0.39 is 0 Å². The minimum Gasteiger partial charge on any atom is -0.355 e. The van der Waals surface area contributed by atoms with E-state index in [0.29, 0.717) is 6.04 Å². The minimum absolute atomic E-state index is 0.593. The highest BCUT2D eigenvalue weighted by Crippen LogP contribution is 2.34. The van der Waals surface area contributed by atoms with E-state index in [0.717, 1.165) is 35.7 Å². The van der Waals surface area contributed by atoms with E-state index in [1.54, 1.807) is 11.3 Å². The molecule has 1 aromatic heterocycles. The van der Waals surface area contributed by atoms with Gasteiger partial charge in [0, 0.05) is 24.5 Å². The number of guanidine groups is 1. The molecule has 21 heavy (non-hydrogen) atoms. The Morgan fingerprint density at radius 2 is 2.10 bits per heavy atom. The standard InChI is InChI=1S/C15H27N5S/c1-10-14(21-11(2)19-10)9-18-15(16-3)17-8-13(20(4)5)12-6-7-12/h12-13H,6-9H2,1-5H3,(H2,16,17,18). The Labute approximate surface area is 131 Å². The molecule has 2 rings (SSSR count). The zero-order valence-electron chi connectivity index (χ0n) is 13.7. The van der Waals surface area contributed by atoms with Gasteiger partial charge >= 0.3 is 0 Å². The second kappa shape index (κ2) is 7.22. The number of hydrogen-bond donors (Lipinski definition) is 2. The van der Waals surface area contributed by atoms with E-state index in [9.17, 15) is 0 Å². The first-order chi connectivity index (χ1) is 10.0. The lowest BCUT2D eigenvalue weighted by Crippen LogP contribution is -2.45. The summed E-state index contributed by atoms with van der Waals surface area (Å²) < 4.78 is 0. The van der Waals surface area contributed by atoms with Crippen LogP contribution in [0.15, 0.2) is 4.99 Å². The zero-order chi connectivity index (χ0) is 15.4. The van der Waals surface area contributed by atoms with Crippen LogP contribution in [0.25, 0.3) is 0 Å². The van der Waals surface area contributed by atoms with Crippen molar-refractivity contribution >= 4 is 17.3 Å². The van der Waals surface area contributed by atoms with Gasteiger partial charge in [-0.3, -0.25) is 4.99 Å². The van der Waals surface area contributed by atoms with Crippen molar-refractivity contribution < 1.29 is 0 Å². The lowest BCUT2D eigenvalue weighted by atomic mass is 10.1. The first-order valence-corrected chi connectivity index (χ1v) is 8.36. The molecular formula is C15H27N5S. The summed E-state index contributed by atoms with van der Waals surface area (Å²) in [4.78, 5) is 12.4. The van der Waals surface area contributed by atoms with Crippen molar-refractivity contribution in [2.75, 3.05) is 27.7 Å². The van der Waals surface area contributed by atoms with E-state index in [4.69, 9.17) is 0 Å². The van der Waals surface area contributed by atoms with Gasteiger partial charge in [-0.15, -0.1) is 11.3 Å². The van der Waals surface area contributed by atoms with Crippen LogP contribution in [0.5, 0.6) is 0 Å². The molecule has 2 N–H and O–H groups in total. The highest BCUT2D eigenvalue weighted by Gasteiger charge is 2.32. The van der Waals surface area contributed by atoms with E-state index in [1.165, 1.54) is 17.7 Å². The van der Waals surface area contributed by atoms with Crippen LogP contribution in [-0.2, 0) is 6.54 Å². The predicted octanol–water partition coefficient (Wildman–Crippen LogP) is 1.77. The van der Waals surface area contributed by atoms with Crippen molar-refractivity contribution in [3.63, 3.8) is 0 Å². The maximum atomic E-state index is 4.46. The summed E-state index contributed by atoms with van der Waals surface area (Å²) in [6.45, 7) is 5.84. The molecule has 118 valence electrons. The largest absolute Gasteiger partial charge is 0.355 e. The molecule has 0 aromatic carbocycles. The van der Waals surface area contributed by atoms with Crippen molar-refractivity contribution in [2.24, 2.45) is 10.9 Å². The van der Waals surface area contributed by atoms with Crippen LogP contribution in [0.1, 0.15) is 28.4 Å². The van der Waals surface area contributed by atoms with Crippen molar-refractivity contribution in [1.82, 2.24) is 20.5 Å². The van der Waals surface area contributed by atoms with Gasteiger partial charge in [0.25, 0.3) is 0 Å². The summed E-state index contributed by atoms with van der Waals surface area (Å²) in [5.74, 6) is 1.71. The molecule has 1 atom stereocenters. The Hall–Kier alpha value is -1.14. The van der Waals surface area contributed by atoms with E-state index in [1.807, 2.05) is 14.0 Å². The quantitative estimate of drug-likeness (QED) is 0.621. The predicted molar refractivity (Wildman–Crippen MR) is 90.0 cm³/mol. The Bertz CT molecular complexity index is 488. The highest BCUT2D eigenvalue weighted by molar-refractivity contribution is 7.11. The molecule has 1 fully saturated rings. The third-order valence-electron chi connectivity index (χ3n) is 3.95. The van der Waals surface area contributed by atoms with Crippen molar-refractivity contribution in [3.8, 4) is 0 Å². The summed E-state index contributed by atoms with van der Waals surface area (Å²) in [7, 11) is 6.14. The maximum Gasteiger partial charge on any atom is 0.191 e. The Balaban J connectivity index is 1.82. The van der Waals surface area contributed by atoms with Crippen LogP contribution in [0.2, 0.25) is 0 Å². The third kappa shape index (κ3) is 4.68. The van der Waals surface area contributed by atoms with Crippen LogP contribution in [0.4, 0.5) is 0 Å². The van der Waals surface area contributed by atoms with Crippen molar-refractivity contribution in [1.29, 1.82) is 0 Å². The van der Waals surface area contributed by atoms with Gasteiger partial charge in [-0.1, -0.05) is 0 Å². The first kappa shape index (κ1) is 16.2. The average Bonchev–Trinajstić information content (AvgIpc) is 3.19. The van der Waals surface area contributed by atoms with Crippen molar-refractivity contribution in [2.45, 2.75) is 39.3 Å². The molecule has 1 unspecified atom stereocenters. The smallest absolute Gasteiger partial charge is 0.191 e. The molecule has 1 heterocycles. The fourth-order valence-corrected chi connectivity index (χ4v) is 3.45. The summed E-state index contributed by atoms with van der Waals surface area (Å²) in [6, 6.07) is 0.593. The molecule has 0 saturated heterocycles. The number of nitrogens with zero attached hydrogens (tertiary/aromatic N) is 3. The van der Waals surface area contributed by atoms with Crippen LogP contribution >= 0.6 is 11.3 Å². The Morgan fingerprint density at radius 1 is 1.38 bits per heavy atom. The van der Waals surface area contributed by atoms with Gasteiger partial charge in [0.05, 0.1) is 17.2 Å². The number of rotatable bonds is 6. The Morgan fingerprint density at radius 3 is 2.57 bits per heavy atom. The molecule has 1 aromatic rings. The van der Waals surface area contributed by atoms with Gasteiger partial charge < -0.3 is 15.5 Å². The third-order valence-corrected chi connectivity index (χ3v) is 5.02. The number of aromatic nitrogens is 1. The molecule has 0 spiro atoms. The molecule has 5 nitrogen and oxygen atoms in total. The lowest BCUT2D eigenvalue weighted by molar-refractivity contribution is 0.264. The number of nitrogens with one attached hydrogen (secondary N) is 2. The molecule has 1 aliphatic carbocycles. The van der Waals surface area contributed by atoms with Crippen LogP contribution in [0.3, 0.4) is 0 Å². The fraction of sp³-hybridized carbons (Fsp3) is 0.733. The minimum atomic E-state index is 0.593. The van der Waals surface area contributed by atoms with Crippen LogP contribution in [-0.4, -0.2) is 49.6 Å². The van der Waals surface area contributed by atoms with Crippen molar-refractivity contribution in [3.05, 3.63) is 15.6 Å². The summed E-state index contributed by atoms with van der Waals surface area (Å²) in [5, 5.41) is 7.95. The van der Waals surface area contributed by atoms with Gasteiger partial charge in [-0.2, -0.15) is 0 Å². The lowest BCUT2D eigenvalue weighted by Gasteiger charge is -2.25. The number of aryl methyl sites for hydroxylation is 2. The zero-order valence-corrected chi connectivity index (χ0v) is 14.5. The molecule has 0 radical (unpaired) electrons. The van der Waals surface area contributed by atoms with Gasteiger partial charge in [-0.05, 0) is 46.7 Å². The number of thiazole rings is 1. The fourth-order valence-electron chi connectivity index (χ4n) is 2.58. The maximum absolute atomic E-state index is 4.46. The molecular weight excluding hydrogens is 282 g/mol. The highest BCUT2D eigenvalue weighted by atomic mass is 32.1. The van der Waals surface area contributed by atoms with Gasteiger partial charge in [-0.25, -0.2) is 4.98 Å². The van der Waals surface area contributed by atoms with E-state index in [2.05, 4.69) is 46.5 Å². The number of hydrogen-bond acceptors (Lipinski definition) is 4. The van der Waals surface area contributed by atoms with E-state index >= 15 is 0 Å². The number of likely N-dealkylation sites (N-methyl/N-ethyl adjacent to an activating group) is 1. The number of aliphatic imine (C=N–C) groups is 1. The topological polar surface area (TPSA) is 52.6 Å². The van der Waals surface area contributed by atoms with Crippen LogP contribution < -0.4 is 10.6 Å². The van der Waals surface area contributed by atoms with Gasteiger partial charge in [0.2, 0.25) is 0 Å². The second-order valence-electron chi connectivity index (χ2n) is 5.92. The molecule has 0 aliphatic heterocycles. The molecule has 0 amide bonds. The SMILES string of the molecule is CN=C(NCc1sc(C)nc1C)NCC(C1CC1)N(C)C.